The zero-order valence-electron chi connectivity index (χ0n) is 10.5. The summed E-state index contributed by atoms with van der Waals surface area (Å²) in [6, 6.07) is 3.45. The van der Waals surface area contributed by atoms with E-state index in [0.29, 0.717) is 18.8 Å². The van der Waals surface area contributed by atoms with Gasteiger partial charge in [-0.3, -0.25) is 4.98 Å². The van der Waals surface area contributed by atoms with Crippen LogP contribution in [0.15, 0.2) is 23.2 Å². The first-order valence-corrected chi connectivity index (χ1v) is 7.70. The van der Waals surface area contributed by atoms with Gasteiger partial charge in [0, 0.05) is 25.3 Å². The van der Waals surface area contributed by atoms with Crippen LogP contribution in [-0.2, 0) is 16.6 Å². The summed E-state index contributed by atoms with van der Waals surface area (Å²) in [5.74, 6) is 0. The third-order valence-electron chi connectivity index (χ3n) is 3.01. The monoisotopic (exact) mass is 269 g/mol. The van der Waals surface area contributed by atoms with Gasteiger partial charge in [-0.2, -0.15) is 4.31 Å². The fourth-order valence-corrected chi connectivity index (χ4v) is 3.62. The van der Waals surface area contributed by atoms with Crippen LogP contribution in [0.1, 0.15) is 31.9 Å². The molecule has 0 unspecified atom stereocenters. The standard InChI is InChI=1S/C12H19N3O2S/c1-2-7-15(11-4-5-11)18(16,17)12-6-3-10(8-13)14-9-12/h3,6,9,11H,2,4-5,7-8,13H2,1H3. The molecule has 1 aliphatic rings. The lowest BCUT2D eigenvalue weighted by molar-refractivity contribution is 0.403. The predicted octanol–water partition coefficient (Wildman–Crippen LogP) is 1.10. The van der Waals surface area contributed by atoms with E-state index in [1.807, 2.05) is 6.92 Å². The summed E-state index contributed by atoms with van der Waals surface area (Å²) in [6.45, 7) is 2.88. The number of rotatable bonds is 6. The second kappa shape index (κ2) is 5.34. The van der Waals surface area contributed by atoms with Crippen molar-refractivity contribution in [2.45, 2.75) is 43.7 Å². The maximum absolute atomic E-state index is 12.5. The molecule has 2 rings (SSSR count). The van der Waals surface area contributed by atoms with E-state index in [9.17, 15) is 8.42 Å². The fourth-order valence-electron chi connectivity index (χ4n) is 1.90. The fraction of sp³-hybridized carbons (Fsp3) is 0.583. The van der Waals surface area contributed by atoms with Crippen molar-refractivity contribution in [2.75, 3.05) is 6.54 Å². The van der Waals surface area contributed by atoms with E-state index in [-0.39, 0.29) is 10.9 Å². The topological polar surface area (TPSA) is 76.3 Å². The van der Waals surface area contributed by atoms with Crippen molar-refractivity contribution in [1.82, 2.24) is 9.29 Å². The Labute approximate surface area is 108 Å². The van der Waals surface area contributed by atoms with E-state index >= 15 is 0 Å². The zero-order valence-corrected chi connectivity index (χ0v) is 11.4. The molecular formula is C12H19N3O2S. The third-order valence-corrected chi connectivity index (χ3v) is 4.95. The highest BCUT2D eigenvalue weighted by atomic mass is 32.2. The van der Waals surface area contributed by atoms with Crippen molar-refractivity contribution in [2.24, 2.45) is 5.73 Å². The van der Waals surface area contributed by atoms with Gasteiger partial charge in [0.05, 0.1) is 5.69 Å². The maximum Gasteiger partial charge on any atom is 0.244 e. The highest BCUT2D eigenvalue weighted by Gasteiger charge is 2.37. The second-order valence-electron chi connectivity index (χ2n) is 4.54. The first-order valence-electron chi connectivity index (χ1n) is 6.26. The van der Waals surface area contributed by atoms with Crippen molar-refractivity contribution in [3.05, 3.63) is 24.0 Å². The molecule has 0 amide bonds. The van der Waals surface area contributed by atoms with Gasteiger partial charge in [0.1, 0.15) is 4.90 Å². The number of nitrogens with zero attached hydrogens (tertiary/aromatic N) is 2. The van der Waals surface area contributed by atoms with Gasteiger partial charge >= 0.3 is 0 Å². The molecule has 1 heterocycles. The Bertz CT molecular complexity index is 495. The molecule has 5 nitrogen and oxygen atoms in total. The Balaban J connectivity index is 2.27. The van der Waals surface area contributed by atoms with Gasteiger partial charge in [0.2, 0.25) is 10.0 Å². The number of hydrogen-bond acceptors (Lipinski definition) is 4. The summed E-state index contributed by atoms with van der Waals surface area (Å²) in [6.07, 6.45) is 4.16. The summed E-state index contributed by atoms with van der Waals surface area (Å²) in [4.78, 5) is 4.32. The normalized spacial score (nSPS) is 16.2. The summed E-state index contributed by atoms with van der Waals surface area (Å²) in [5, 5.41) is 0. The minimum absolute atomic E-state index is 0.184. The van der Waals surface area contributed by atoms with Crippen LogP contribution in [0.2, 0.25) is 0 Å². The molecule has 0 saturated heterocycles. The van der Waals surface area contributed by atoms with Crippen molar-refractivity contribution in [1.29, 1.82) is 0 Å². The Morgan fingerprint density at radius 3 is 2.61 bits per heavy atom. The number of hydrogen-bond donors (Lipinski definition) is 1. The van der Waals surface area contributed by atoms with Crippen LogP contribution < -0.4 is 5.73 Å². The molecule has 1 aromatic rings. The van der Waals surface area contributed by atoms with Crippen molar-refractivity contribution < 1.29 is 8.42 Å². The van der Waals surface area contributed by atoms with E-state index < -0.39 is 10.0 Å². The third kappa shape index (κ3) is 2.71. The molecule has 2 N–H and O–H groups in total. The van der Waals surface area contributed by atoms with Crippen LogP contribution in [-0.4, -0.2) is 30.3 Å². The summed E-state index contributed by atoms with van der Waals surface area (Å²) in [7, 11) is -3.39. The van der Waals surface area contributed by atoms with Gasteiger partial charge in [0.25, 0.3) is 0 Å². The van der Waals surface area contributed by atoms with Crippen LogP contribution in [0.3, 0.4) is 0 Å². The van der Waals surface area contributed by atoms with E-state index in [1.165, 1.54) is 6.20 Å². The van der Waals surface area contributed by atoms with Gasteiger partial charge < -0.3 is 5.73 Å². The minimum Gasteiger partial charge on any atom is -0.325 e. The number of nitrogens with two attached hydrogens (primary N) is 1. The van der Waals surface area contributed by atoms with Gasteiger partial charge in [-0.1, -0.05) is 6.92 Å². The van der Waals surface area contributed by atoms with Crippen molar-refractivity contribution in [3.63, 3.8) is 0 Å². The lowest BCUT2D eigenvalue weighted by atomic mass is 10.4. The molecule has 0 aliphatic heterocycles. The molecule has 1 saturated carbocycles. The van der Waals surface area contributed by atoms with Gasteiger partial charge in [-0.25, -0.2) is 8.42 Å². The average Bonchev–Trinajstić information content (AvgIpc) is 3.20. The molecule has 0 atom stereocenters. The Kier molecular flexibility index (Phi) is 3.99. The molecular weight excluding hydrogens is 250 g/mol. The number of sulfonamides is 1. The Morgan fingerprint density at radius 2 is 2.17 bits per heavy atom. The largest absolute Gasteiger partial charge is 0.325 e. The van der Waals surface area contributed by atoms with Crippen LogP contribution in [0, 0.1) is 0 Å². The van der Waals surface area contributed by atoms with Crippen molar-refractivity contribution in [3.8, 4) is 0 Å². The SMILES string of the molecule is CCCN(C1CC1)S(=O)(=O)c1ccc(CN)nc1. The Hall–Kier alpha value is -0.980. The van der Waals surface area contributed by atoms with Crippen molar-refractivity contribution >= 4 is 10.0 Å². The molecule has 0 radical (unpaired) electrons. The smallest absolute Gasteiger partial charge is 0.244 e. The van der Waals surface area contributed by atoms with E-state index in [0.717, 1.165) is 19.3 Å². The summed E-state index contributed by atoms with van der Waals surface area (Å²) < 4.78 is 26.5. The van der Waals surface area contributed by atoms with Gasteiger partial charge in [-0.15, -0.1) is 0 Å². The lowest BCUT2D eigenvalue weighted by Crippen LogP contribution is -2.33. The molecule has 1 aliphatic carbocycles. The summed E-state index contributed by atoms with van der Waals surface area (Å²) >= 11 is 0. The first-order chi connectivity index (χ1) is 8.59. The van der Waals surface area contributed by atoms with E-state index in [2.05, 4.69) is 4.98 Å². The van der Waals surface area contributed by atoms with E-state index in [1.54, 1.807) is 16.4 Å². The number of aromatic nitrogens is 1. The van der Waals surface area contributed by atoms with Crippen LogP contribution in [0.25, 0.3) is 0 Å². The predicted molar refractivity (Wildman–Crippen MR) is 69.3 cm³/mol. The molecule has 18 heavy (non-hydrogen) atoms. The molecule has 0 bridgehead atoms. The minimum atomic E-state index is -3.39. The Morgan fingerprint density at radius 1 is 1.44 bits per heavy atom. The summed E-state index contributed by atoms with van der Waals surface area (Å²) in [5.41, 5.74) is 6.15. The second-order valence-corrected chi connectivity index (χ2v) is 6.43. The van der Waals surface area contributed by atoms with Crippen LogP contribution >= 0.6 is 0 Å². The highest BCUT2D eigenvalue weighted by molar-refractivity contribution is 7.89. The van der Waals surface area contributed by atoms with Crippen LogP contribution in [0.4, 0.5) is 0 Å². The maximum atomic E-state index is 12.5. The molecule has 1 aromatic heterocycles. The van der Waals surface area contributed by atoms with E-state index in [4.69, 9.17) is 5.73 Å². The average molecular weight is 269 g/mol. The quantitative estimate of drug-likeness (QED) is 0.839. The molecule has 1 fully saturated rings. The van der Waals surface area contributed by atoms with Gasteiger partial charge in [0.15, 0.2) is 0 Å². The number of pyridine rings is 1. The zero-order chi connectivity index (χ0) is 13.2. The molecule has 0 aromatic carbocycles. The molecule has 6 heteroatoms. The highest BCUT2D eigenvalue weighted by Crippen LogP contribution is 2.31. The lowest BCUT2D eigenvalue weighted by Gasteiger charge is -2.21. The first kappa shape index (κ1) is 13.5. The molecule has 0 spiro atoms. The molecule has 100 valence electrons. The van der Waals surface area contributed by atoms with Crippen LogP contribution in [0.5, 0.6) is 0 Å². The van der Waals surface area contributed by atoms with Gasteiger partial charge in [-0.05, 0) is 31.4 Å².